The largest absolute Gasteiger partial charge is 0.416 e. The van der Waals surface area contributed by atoms with Crippen molar-refractivity contribution in [1.29, 1.82) is 0 Å². The number of amides is 1. The van der Waals surface area contributed by atoms with Gasteiger partial charge in [0.05, 0.1) is 12.2 Å². The average molecular weight is 369 g/mol. The van der Waals surface area contributed by atoms with E-state index in [4.69, 9.17) is 4.74 Å². The van der Waals surface area contributed by atoms with Crippen molar-refractivity contribution < 1.29 is 22.7 Å². The fraction of sp³-hybridized carbons (Fsp3) is 0.562. The molecular formula is C16H24ClF3N2O2. The molecule has 0 aromatic heterocycles. The van der Waals surface area contributed by atoms with Crippen LogP contribution in [0.3, 0.4) is 0 Å². The maximum absolute atomic E-state index is 12.7. The van der Waals surface area contributed by atoms with E-state index in [9.17, 15) is 18.0 Å². The summed E-state index contributed by atoms with van der Waals surface area (Å²) in [5.74, 6) is -0.456. The topological polar surface area (TPSA) is 50.4 Å². The van der Waals surface area contributed by atoms with Gasteiger partial charge in [-0.05, 0) is 17.5 Å². The normalized spacial score (nSPS) is 12.4. The SMILES string of the molecule is COCCNCCNC(=O)CC(C)c1cccc(C(F)(F)F)c1.Cl. The predicted octanol–water partition coefficient (Wildman–Crippen LogP) is 2.97. The molecule has 0 aliphatic carbocycles. The Kier molecular flexibility index (Phi) is 10.7. The molecule has 1 aromatic rings. The first kappa shape index (κ1) is 22.7. The Labute approximate surface area is 146 Å². The molecule has 0 saturated heterocycles. The minimum Gasteiger partial charge on any atom is -0.383 e. The van der Waals surface area contributed by atoms with E-state index >= 15 is 0 Å². The highest BCUT2D eigenvalue weighted by molar-refractivity contribution is 5.85. The molecule has 138 valence electrons. The highest BCUT2D eigenvalue weighted by Crippen LogP contribution is 2.31. The van der Waals surface area contributed by atoms with Crippen molar-refractivity contribution in [3.05, 3.63) is 35.4 Å². The van der Waals surface area contributed by atoms with Gasteiger partial charge in [0.25, 0.3) is 0 Å². The molecule has 8 heteroatoms. The standard InChI is InChI=1S/C16H23F3N2O2.ClH/c1-12(10-15(22)21-7-6-20-8-9-23-2)13-4-3-5-14(11-13)16(17,18)19;/h3-5,11-12,20H,6-10H2,1-2H3,(H,21,22);1H. The van der Waals surface area contributed by atoms with Crippen molar-refractivity contribution in [2.24, 2.45) is 0 Å². The van der Waals surface area contributed by atoms with E-state index in [1.165, 1.54) is 6.07 Å². The van der Waals surface area contributed by atoms with E-state index in [1.807, 2.05) is 0 Å². The van der Waals surface area contributed by atoms with Crippen molar-refractivity contribution in [3.8, 4) is 0 Å². The number of halogens is 4. The molecule has 0 spiro atoms. The monoisotopic (exact) mass is 368 g/mol. The van der Waals surface area contributed by atoms with Gasteiger partial charge in [0, 0.05) is 33.2 Å². The van der Waals surface area contributed by atoms with Crippen molar-refractivity contribution >= 4 is 18.3 Å². The van der Waals surface area contributed by atoms with E-state index in [-0.39, 0.29) is 30.7 Å². The maximum Gasteiger partial charge on any atom is 0.416 e. The third-order valence-electron chi connectivity index (χ3n) is 3.38. The van der Waals surface area contributed by atoms with Crippen LogP contribution in [0.5, 0.6) is 0 Å². The zero-order valence-electron chi connectivity index (χ0n) is 13.8. The van der Waals surface area contributed by atoms with E-state index in [2.05, 4.69) is 10.6 Å². The molecule has 2 N–H and O–H groups in total. The van der Waals surface area contributed by atoms with Crippen LogP contribution in [0.25, 0.3) is 0 Å². The highest BCUT2D eigenvalue weighted by atomic mass is 35.5. The molecule has 0 fully saturated rings. The van der Waals surface area contributed by atoms with Gasteiger partial charge in [-0.3, -0.25) is 4.79 Å². The van der Waals surface area contributed by atoms with Gasteiger partial charge in [0.15, 0.2) is 0 Å². The van der Waals surface area contributed by atoms with Gasteiger partial charge >= 0.3 is 6.18 Å². The molecule has 1 amide bonds. The second-order valence-electron chi connectivity index (χ2n) is 5.32. The fourth-order valence-electron chi connectivity index (χ4n) is 2.08. The first-order chi connectivity index (χ1) is 10.8. The molecule has 0 radical (unpaired) electrons. The number of alkyl halides is 3. The van der Waals surface area contributed by atoms with E-state index in [0.717, 1.165) is 12.1 Å². The van der Waals surface area contributed by atoms with Crippen LogP contribution in [-0.2, 0) is 15.7 Å². The van der Waals surface area contributed by atoms with Gasteiger partial charge in [0.1, 0.15) is 0 Å². The van der Waals surface area contributed by atoms with Crippen LogP contribution < -0.4 is 10.6 Å². The zero-order valence-corrected chi connectivity index (χ0v) is 14.6. The second kappa shape index (κ2) is 11.3. The molecule has 1 aromatic carbocycles. The smallest absolute Gasteiger partial charge is 0.383 e. The van der Waals surface area contributed by atoms with E-state index in [1.54, 1.807) is 20.1 Å². The summed E-state index contributed by atoms with van der Waals surface area (Å²) >= 11 is 0. The van der Waals surface area contributed by atoms with Crippen LogP contribution in [0.15, 0.2) is 24.3 Å². The van der Waals surface area contributed by atoms with Crippen molar-refractivity contribution in [2.75, 3.05) is 33.4 Å². The third-order valence-corrected chi connectivity index (χ3v) is 3.38. The number of rotatable bonds is 9. The van der Waals surface area contributed by atoms with Gasteiger partial charge in [-0.2, -0.15) is 13.2 Å². The Morgan fingerprint density at radius 2 is 1.96 bits per heavy atom. The van der Waals surface area contributed by atoms with Crippen molar-refractivity contribution in [2.45, 2.75) is 25.4 Å². The predicted molar refractivity (Wildman–Crippen MR) is 89.5 cm³/mol. The number of carbonyl (C=O) groups is 1. The van der Waals surface area contributed by atoms with Crippen LogP contribution in [0, 0.1) is 0 Å². The Balaban J connectivity index is 0.00000529. The lowest BCUT2D eigenvalue weighted by Gasteiger charge is -2.14. The van der Waals surface area contributed by atoms with Gasteiger partial charge in [0.2, 0.25) is 5.91 Å². The number of methoxy groups -OCH3 is 1. The lowest BCUT2D eigenvalue weighted by atomic mass is 9.95. The van der Waals surface area contributed by atoms with E-state index < -0.39 is 11.7 Å². The number of benzene rings is 1. The molecule has 1 atom stereocenters. The lowest BCUT2D eigenvalue weighted by Crippen LogP contribution is -2.33. The number of carbonyl (C=O) groups excluding carboxylic acids is 1. The van der Waals surface area contributed by atoms with Gasteiger partial charge in [-0.15, -0.1) is 12.4 Å². The number of hydrogen-bond acceptors (Lipinski definition) is 3. The molecule has 0 heterocycles. The van der Waals surface area contributed by atoms with Gasteiger partial charge in [-0.1, -0.05) is 25.1 Å². The van der Waals surface area contributed by atoms with Crippen molar-refractivity contribution in [3.63, 3.8) is 0 Å². The first-order valence-corrected chi connectivity index (χ1v) is 7.48. The summed E-state index contributed by atoms with van der Waals surface area (Å²) in [5.41, 5.74) is -0.183. The molecular weight excluding hydrogens is 345 g/mol. The second-order valence-corrected chi connectivity index (χ2v) is 5.32. The molecule has 24 heavy (non-hydrogen) atoms. The number of ether oxygens (including phenoxy) is 1. The number of nitrogens with one attached hydrogen (secondary N) is 2. The Bertz CT molecular complexity index is 498. The molecule has 0 saturated carbocycles. The van der Waals surface area contributed by atoms with Crippen molar-refractivity contribution in [1.82, 2.24) is 10.6 Å². The van der Waals surface area contributed by atoms with E-state index in [0.29, 0.717) is 31.8 Å². The fourth-order valence-corrected chi connectivity index (χ4v) is 2.08. The lowest BCUT2D eigenvalue weighted by molar-refractivity contribution is -0.137. The molecule has 0 bridgehead atoms. The summed E-state index contributed by atoms with van der Waals surface area (Å²) in [4.78, 5) is 11.8. The van der Waals surface area contributed by atoms with Crippen LogP contribution in [0.1, 0.15) is 30.4 Å². The molecule has 1 unspecified atom stereocenters. The summed E-state index contributed by atoms with van der Waals surface area (Å²) in [5, 5.41) is 5.83. The molecule has 0 aliphatic heterocycles. The van der Waals surface area contributed by atoms with Gasteiger partial charge in [-0.25, -0.2) is 0 Å². The average Bonchev–Trinajstić information content (AvgIpc) is 2.50. The summed E-state index contributed by atoms with van der Waals surface area (Å²) < 4.78 is 43.0. The summed E-state index contributed by atoms with van der Waals surface area (Å²) in [7, 11) is 1.61. The highest BCUT2D eigenvalue weighted by Gasteiger charge is 2.30. The quantitative estimate of drug-likeness (QED) is 0.659. The summed E-state index contributed by atoms with van der Waals surface area (Å²) in [6, 6.07) is 5.11. The first-order valence-electron chi connectivity index (χ1n) is 7.48. The third kappa shape index (κ3) is 8.52. The minimum atomic E-state index is -4.37. The zero-order chi connectivity index (χ0) is 17.3. The Morgan fingerprint density at radius 1 is 1.25 bits per heavy atom. The summed E-state index contributed by atoms with van der Waals surface area (Å²) in [6.07, 6.45) is -4.22. The Hall–Kier alpha value is -1.31. The summed E-state index contributed by atoms with van der Waals surface area (Å²) in [6.45, 7) is 4.13. The van der Waals surface area contributed by atoms with Crippen LogP contribution in [0.4, 0.5) is 13.2 Å². The van der Waals surface area contributed by atoms with Gasteiger partial charge < -0.3 is 15.4 Å². The maximum atomic E-state index is 12.7. The molecule has 0 aliphatic rings. The Morgan fingerprint density at radius 3 is 2.58 bits per heavy atom. The molecule has 4 nitrogen and oxygen atoms in total. The van der Waals surface area contributed by atoms with Crippen LogP contribution in [0.2, 0.25) is 0 Å². The minimum absolute atomic E-state index is 0. The number of hydrogen-bond donors (Lipinski definition) is 2. The van der Waals surface area contributed by atoms with Crippen LogP contribution in [-0.4, -0.2) is 39.3 Å². The van der Waals surface area contributed by atoms with Crippen LogP contribution >= 0.6 is 12.4 Å². The molecule has 1 rings (SSSR count).